The quantitative estimate of drug-likeness (QED) is 0.724. The molecule has 1 aromatic rings. The van der Waals surface area contributed by atoms with Crippen molar-refractivity contribution in [2.75, 3.05) is 13.2 Å². The minimum Gasteiger partial charge on any atom is -0.493 e. The Morgan fingerprint density at radius 2 is 2.33 bits per heavy atom. The molecule has 3 rings (SSSR count). The van der Waals surface area contributed by atoms with Gasteiger partial charge in [-0.25, -0.2) is 5.43 Å². The normalized spacial score (nSPS) is 26.4. The van der Waals surface area contributed by atoms with Gasteiger partial charge in [0.1, 0.15) is 5.75 Å². The predicted molar refractivity (Wildman–Crippen MR) is 65.3 cm³/mol. The molecule has 2 heterocycles. The van der Waals surface area contributed by atoms with Gasteiger partial charge in [0.05, 0.1) is 18.6 Å². The van der Waals surface area contributed by atoms with Crippen LogP contribution in [-0.4, -0.2) is 24.2 Å². The van der Waals surface area contributed by atoms with Gasteiger partial charge in [0.25, 0.3) is 0 Å². The number of hydrazine groups is 1. The Hall–Kier alpha value is -1.59. The summed E-state index contributed by atoms with van der Waals surface area (Å²) in [6, 6.07) is 5.79. The molecule has 0 amide bonds. The van der Waals surface area contributed by atoms with Crippen LogP contribution in [0.2, 0.25) is 0 Å². The lowest BCUT2D eigenvalue weighted by molar-refractivity contribution is -0.141. The molecule has 0 aliphatic carbocycles. The summed E-state index contributed by atoms with van der Waals surface area (Å²) in [5.74, 6) is -0.262. The minimum absolute atomic E-state index is 0.172. The third-order valence-electron chi connectivity index (χ3n) is 3.59. The molecule has 2 aliphatic rings. The van der Waals surface area contributed by atoms with Crippen LogP contribution in [0.1, 0.15) is 23.6 Å². The maximum atomic E-state index is 11.2. The lowest BCUT2D eigenvalue weighted by Gasteiger charge is -2.21. The van der Waals surface area contributed by atoms with E-state index in [9.17, 15) is 9.90 Å². The first-order valence-electron chi connectivity index (χ1n) is 6.22. The van der Waals surface area contributed by atoms with Gasteiger partial charge in [-0.2, -0.15) is 0 Å². The van der Waals surface area contributed by atoms with Crippen LogP contribution in [0, 0.1) is 5.92 Å². The van der Waals surface area contributed by atoms with Gasteiger partial charge < -0.3 is 9.84 Å². The van der Waals surface area contributed by atoms with E-state index in [1.165, 1.54) is 5.56 Å². The van der Waals surface area contributed by atoms with Crippen LogP contribution in [-0.2, 0) is 11.2 Å². The Bertz CT molecular complexity index is 475. The molecule has 3 N–H and O–H groups in total. The number of benzene rings is 1. The van der Waals surface area contributed by atoms with E-state index >= 15 is 0 Å². The molecule has 0 saturated carbocycles. The standard InChI is InChI=1S/C13H16N2O3/c16-13(17)10-7-14-15-12(10)9-3-4-11-8(6-9)2-1-5-18-11/h3-4,6,10,12,14-15H,1-2,5,7H2,(H,16,17). The monoisotopic (exact) mass is 248 g/mol. The van der Waals surface area contributed by atoms with Crippen molar-refractivity contribution in [1.29, 1.82) is 0 Å². The van der Waals surface area contributed by atoms with Crippen LogP contribution < -0.4 is 15.6 Å². The van der Waals surface area contributed by atoms with Crippen LogP contribution in [0.5, 0.6) is 5.75 Å². The summed E-state index contributed by atoms with van der Waals surface area (Å²) >= 11 is 0. The summed E-state index contributed by atoms with van der Waals surface area (Å²) in [6.45, 7) is 1.22. The molecule has 0 aromatic heterocycles. The highest BCUT2D eigenvalue weighted by Crippen LogP contribution is 2.31. The molecular formula is C13H16N2O3. The van der Waals surface area contributed by atoms with Gasteiger partial charge in [-0.3, -0.25) is 10.2 Å². The van der Waals surface area contributed by atoms with E-state index in [0.717, 1.165) is 30.8 Å². The van der Waals surface area contributed by atoms with Crippen LogP contribution in [0.4, 0.5) is 0 Å². The van der Waals surface area contributed by atoms with Crippen molar-refractivity contribution in [2.45, 2.75) is 18.9 Å². The number of carboxylic acids is 1. The maximum Gasteiger partial charge on any atom is 0.309 e. The molecule has 1 aromatic carbocycles. The summed E-state index contributed by atoms with van der Waals surface area (Å²) in [7, 11) is 0. The van der Waals surface area contributed by atoms with Gasteiger partial charge in [-0.05, 0) is 30.0 Å². The van der Waals surface area contributed by atoms with E-state index in [-0.39, 0.29) is 6.04 Å². The van der Waals surface area contributed by atoms with E-state index in [4.69, 9.17) is 4.74 Å². The molecule has 2 aliphatic heterocycles. The molecular weight excluding hydrogens is 232 g/mol. The SMILES string of the molecule is O=C(O)C1CNNC1c1ccc2c(c1)CCCO2. The van der Waals surface area contributed by atoms with Crippen molar-refractivity contribution in [3.63, 3.8) is 0 Å². The first-order valence-corrected chi connectivity index (χ1v) is 6.22. The van der Waals surface area contributed by atoms with Gasteiger partial charge in [-0.15, -0.1) is 0 Å². The number of aliphatic carboxylic acids is 1. The average Bonchev–Trinajstić information content (AvgIpc) is 2.87. The Morgan fingerprint density at radius 1 is 1.44 bits per heavy atom. The summed E-state index contributed by atoms with van der Waals surface area (Å²) in [6.07, 6.45) is 2.02. The Kier molecular flexibility index (Phi) is 2.93. The fraction of sp³-hybridized carbons (Fsp3) is 0.462. The van der Waals surface area contributed by atoms with Crippen LogP contribution in [0.25, 0.3) is 0 Å². The number of carbonyl (C=O) groups is 1. The molecule has 2 atom stereocenters. The number of aryl methyl sites for hydroxylation is 1. The molecule has 2 unspecified atom stereocenters. The number of fused-ring (bicyclic) bond motifs is 1. The van der Waals surface area contributed by atoms with Crippen molar-refractivity contribution < 1.29 is 14.6 Å². The van der Waals surface area contributed by atoms with Crippen molar-refractivity contribution in [2.24, 2.45) is 5.92 Å². The first kappa shape index (κ1) is 11.5. The third-order valence-corrected chi connectivity index (χ3v) is 3.59. The predicted octanol–water partition coefficient (Wildman–Crippen LogP) is 0.861. The molecule has 1 fully saturated rings. The first-order chi connectivity index (χ1) is 8.75. The van der Waals surface area contributed by atoms with Crippen molar-refractivity contribution in [3.05, 3.63) is 29.3 Å². The largest absolute Gasteiger partial charge is 0.493 e. The van der Waals surface area contributed by atoms with Gasteiger partial charge >= 0.3 is 5.97 Å². The van der Waals surface area contributed by atoms with Crippen LogP contribution in [0.3, 0.4) is 0 Å². The molecule has 0 bridgehead atoms. The van der Waals surface area contributed by atoms with E-state index in [1.807, 2.05) is 12.1 Å². The van der Waals surface area contributed by atoms with Crippen molar-refractivity contribution in [1.82, 2.24) is 10.9 Å². The zero-order chi connectivity index (χ0) is 12.5. The highest BCUT2D eigenvalue weighted by molar-refractivity contribution is 5.72. The second-order valence-electron chi connectivity index (χ2n) is 4.77. The van der Waals surface area contributed by atoms with Gasteiger partial charge in [-0.1, -0.05) is 12.1 Å². The average molecular weight is 248 g/mol. The summed E-state index contributed by atoms with van der Waals surface area (Å²) < 4.78 is 5.56. The fourth-order valence-electron chi connectivity index (χ4n) is 2.62. The van der Waals surface area contributed by atoms with Gasteiger partial charge in [0.2, 0.25) is 0 Å². The fourth-order valence-corrected chi connectivity index (χ4v) is 2.62. The summed E-state index contributed by atoms with van der Waals surface area (Å²) in [5, 5.41) is 9.18. The zero-order valence-corrected chi connectivity index (χ0v) is 9.98. The van der Waals surface area contributed by atoms with Gasteiger partial charge in [0.15, 0.2) is 0 Å². The molecule has 96 valence electrons. The number of rotatable bonds is 2. The van der Waals surface area contributed by atoms with Crippen molar-refractivity contribution in [3.8, 4) is 5.75 Å². The zero-order valence-electron chi connectivity index (χ0n) is 9.98. The number of hydrogen-bond acceptors (Lipinski definition) is 4. The van der Waals surface area contributed by atoms with Crippen molar-refractivity contribution >= 4 is 5.97 Å². The minimum atomic E-state index is -0.772. The number of hydrogen-bond donors (Lipinski definition) is 3. The lowest BCUT2D eigenvalue weighted by atomic mass is 9.92. The molecule has 1 saturated heterocycles. The van der Waals surface area contributed by atoms with E-state index in [1.54, 1.807) is 0 Å². The van der Waals surface area contributed by atoms with Crippen LogP contribution in [0.15, 0.2) is 18.2 Å². The van der Waals surface area contributed by atoms with E-state index < -0.39 is 11.9 Å². The smallest absolute Gasteiger partial charge is 0.309 e. The molecule has 5 nitrogen and oxygen atoms in total. The molecule has 0 radical (unpaired) electrons. The van der Waals surface area contributed by atoms with Crippen LogP contribution >= 0.6 is 0 Å². The lowest BCUT2D eigenvalue weighted by Crippen LogP contribution is -2.26. The summed E-state index contributed by atoms with van der Waals surface area (Å²) in [4.78, 5) is 11.2. The van der Waals surface area contributed by atoms with E-state index in [2.05, 4.69) is 16.9 Å². The third kappa shape index (κ3) is 1.95. The number of ether oxygens (including phenoxy) is 1. The maximum absolute atomic E-state index is 11.2. The Balaban J connectivity index is 1.90. The second kappa shape index (κ2) is 4.59. The summed E-state index contributed by atoms with van der Waals surface area (Å²) in [5.41, 5.74) is 8.15. The van der Waals surface area contributed by atoms with E-state index in [0.29, 0.717) is 6.54 Å². The number of nitrogens with one attached hydrogen (secondary N) is 2. The second-order valence-corrected chi connectivity index (χ2v) is 4.77. The molecule has 18 heavy (non-hydrogen) atoms. The molecule has 5 heteroatoms. The number of carboxylic acid groups (broad SMARTS) is 1. The molecule has 0 spiro atoms. The Morgan fingerprint density at radius 3 is 3.17 bits per heavy atom. The highest BCUT2D eigenvalue weighted by atomic mass is 16.5. The highest BCUT2D eigenvalue weighted by Gasteiger charge is 2.34. The topological polar surface area (TPSA) is 70.6 Å². The Labute approximate surface area is 105 Å². The van der Waals surface area contributed by atoms with Gasteiger partial charge in [0, 0.05) is 6.54 Å².